The first-order chi connectivity index (χ1) is 8.65. The van der Waals surface area contributed by atoms with Gasteiger partial charge in [-0.05, 0) is 33.1 Å². The monoisotopic (exact) mass is 255 g/mol. The quantitative estimate of drug-likeness (QED) is 0.705. The van der Waals surface area contributed by atoms with Crippen LogP contribution in [0.1, 0.15) is 33.1 Å². The Morgan fingerprint density at radius 2 is 2.17 bits per heavy atom. The Bertz CT molecular complexity index is 331. The van der Waals surface area contributed by atoms with Gasteiger partial charge >= 0.3 is 5.97 Å². The van der Waals surface area contributed by atoms with E-state index in [1.165, 1.54) is 0 Å². The molecule has 2 rings (SSSR count). The molecule has 102 valence electrons. The van der Waals surface area contributed by atoms with Gasteiger partial charge in [0.1, 0.15) is 6.04 Å². The van der Waals surface area contributed by atoms with Crippen molar-refractivity contribution < 1.29 is 19.1 Å². The molecule has 2 aliphatic heterocycles. The predicted molar refractivity (Wildman–Crippen MR) is 64.9 cm³/mol. The van der Waals surface area contributed by atoms with Crippen molar-refractivity contribution in [3.63, 3.8) is 0 Å². The van der Waals surface area contributed by atoms with Gasteiger partial charge in [0.05, 0.1) is 18.6 Å². The Labute approximate surface area is 107 Å². The van der Waals surface area contributed by atoms with Crippen molar-refractivity contribution in [2.24, 2.45) is 5.92 Å². The van der Waals surface area contributed by atoms with Crippen LogP contribution in [0.5, 0.6) is 0 Å². The zero-order valence-electron chi connectivity index (χ0n) is 11.1. The summed E-state index contributed by atoms with van der Waals surface area (Å²) in [5, 5.41) is 0. The topological polar surface area (TPSA) is 55.8 Å². The van der Waals surface area contributed by atoms with E-state index in [9.17, 15) is 9.59 Å². The van der Waals surface area contributed by atoms with Crippen LogP contribution < -0.4 is 0 Å². The number of nitrogens with zero attached hydrogens (tertiary/aromatic N) is 1. The summed E-state index contributed by atoms with van der Waals surface area (Å²) in [6.45, 7) is 5.36. The van der Waals surface area contributed by atoms with Gasteiger partial charge in [-0.25, -0.2) is 4.79 Å². The number of hydrogen-bond acceptors (Lipinski definition) is 4. The molecule has 0 saturated carbocycles. The van der Waals surface area contributed by atoms with E-state index in [1.807, 2.05) is 6.92 Å². The van der Waals surface area contributed by atoms with E-state index in [0.717, 1.165) is 12.8 Å². The van der Waals surface area contributed by atoms with Crippen LogP contribution in [0.2, 0.25) is 0 Å². The molecule has 0 aliphatic carbocycles. The van der Waals surface area contributed by atoms with E-state index in [4.69, 9.17) is 9.47 Å². The Balaban J connectivity index is 2.02. The highest BCUT2D eigenvalue weighted by Crippen LogP contribution is 2.27. The lowest BCUT2D eigenvalue weighted by Crippen LogP contribution is -2.45. The van der Waals surface area contributed by atoms with Crippen LogP contribution in [-0.2, 0) is 19.1 Å². The van der Waals surface area contributed by atoms with Crippen molar-refractivity contribution in [1.82, 2.24) is 4.90 Å². The van der Waals surface area contributed by atoms with E-state index in [2.05, 4.69) is 0 Å². The summed E-state index contributed by atoms with van der Waals surface area (Å²) >= 11 is 0. The highest BCUT2D eigenvalue weighted by Gasteiger charge is 2.41. The molecule has 2 aliphatic rings. The van der Waals surface area contributed by atoms with Gasteiger partial charge in [0.25, 0.3) is 0 Å². The molecule has 5 nitrogen and oxygen atoms in total. The number of hydrogen-bond donors (Lipinski definition) is 0. The maximum atomic E-state index is 12.4. The maximum Gasteiger partial charge on any atom is 0.328 e. The molecule has 3 atom stereocenters. The number of rotatable bonds is 3. The number of carbonyl (C=O) groups is 2. The molecular formula is C13H21NO4. The van der Waals surface area contributed by atoms with Crippen LogP contribution in [0.15, 0.2) is 0 Å². The largest absolute Gasteiger partial charge is 0.464 e. The van der Waals surface area contributed by atoms with Crippen molar-refractivity contribution >= 4 is 11.9 Å². The Morgan fingerprint density at radius 3 is 2.78 bits per heavy atom. The standard InChI is InChI=1S/C13H21NO4/c1-3-17-13(16)11-5-4-7-14(11)12(15)10-6-8-18-9(10)2/h9-11H,3-8H2,1-2H3. The zero-order chi connectivity index (χ0) is 13.1. The van der Waals surface area contributed by atoms with Crippen molar-refractivity contribution in [2.45, 2.75) is 45.3 Å². The number of amides is 1. The highest BCUT2D eigenvalue weighted by atomic mass is 16.5. The second-order valence-corrected chi connectivity index (χ2v) is 4.91. The summed E-state index contributed by atoms with van der Waals surface area (Å²) < 4.78 is 10.5. The van der Waals surface area contributed by atoms with Crippen molar-refractivity contribution in [3.05, 3.63) is 0 Å². The number of esters is 1. The molecule has 0 bridgehead atoms. The molecule has 0 aromatic carbocycles. The third-order valence-corrected chi connectivity index (χ3v) is 3.79. The molecule has 2 heterocycles. The van der Waals surface area contributed by atoms with E-state index >= 15 is 0 Å². The second-order valence-electron chi connectivity index (χ2n) is 4.91. The van der Waals surface area contributed by atoms with Crippen LogP contribution in [0.4, 0.5) is 0 Å². The maximum absolute atomic E-state index is 12.4. The molecule has 0 N–H and O–H groups in total. The van der Waals surface area contributed by atoms with E-state index in [-0.39, 0.29) is 29.9 Å². The summed E-state index contributed by atoms with van der Waals surface area (Å²) in [5.41, 5.74) is 0. The molecule has 0 radical (unpaired) electrons. The van der Waals surface area contributed by atoms with Gasteiger partial charge in [0.2, 0.25) is 5.91 Å². The molecule has 0 aromatic heterocycles. The lowest BCUT2D eigenvalue weighted by Gasteiger charge is -2.26. The van der Waals surface area contributed by atoms with Crippen molar-refractivity contribution in [3.8, 4) is 0 Å². The van der Waals surface area contributed by atoms with Crippen LogP contribution in [0.3, 0.4) is 0 Å². The molecule has 1 amide bonds. The normalized spacial score (nSPS) is 31.7. The Hall–Kier alpha value is -1.10. The molecule has 0 aromatic rings. The lowest BCUT2D eigenvalue weighted by molar-refractivity contribution is -0.154. The number of carbonyl (C=O) groups excluding carboxylic acids is 2. The fraction of sp³-hybridized carbons (Fsp3) is 0.846. The molecule has 3 unspecified atom stereocenters. The fourth-order valence-electron chi connectivity index (χ4n) is 2.78. The third kappa shape index (κ3) is 2.51. The van der Waals surface area contributed by atoms with Gasteiger partial charge in [-0.2, -0.15) is 0 Å². The average molecular weight is 255 g/mol. The van der Waals surface area contributed by atoms with Gasteiger partial charge in [-0.3, -0.25) is 4.79 Å². The summed E-state index contributed by atoms with van der Waals surface area (Å²) in [6, 6.07) is -0.384. The molecular weight excluding hydrogens is 234 g/mol. The average Bonchev–Trinajstić information content (AvgIpc) is 2.96. The van der Waals surface area contributed by atoms with Gasteiger partial charge in [-0.1, -0.05) is 0 Å². The lowest BCUT2D eigenvalue weighted by atomic mass is 10.0. The van der Waals surface area contributed by atoms with Crippen molar-refractivity contribution in [2.75, 3.05) is 19.8 Å². The molecule has 0 spiro atoms. The molecule has 2 fully saturated rings. The van der Waals surface area contributed by atoms with Crippen LogP contribution in [0.25, 0.3) is 0 Å². The molecule has 18 heavy (non-hydrogen) atoms. The molecule has 2 saturated heterocycles. The second kappa shape index (κ2) is 5.69. The first-order valence-electron chi connectivity index (χ1n) is 6.74. The predicted octanol–water partition coefficient (Wildman–Crippen LogP) is 0.965. The Kier molecular flexibility index (Phi) is 4.22. The third-order valence-electron chi connectivity index (χ3n) is 3.79. The minimum atomic E-state index is -0.384. The van der Waals surface area contributed by atoms with Crippen LogP contribution in [-0.4, -0.2) is 48.7 Å². The van der Waals surface area contributed by atoms with Gasteiger partial charge in [0, 0.05) is 13.2 Å². The minimum absolute atomic E-state index is 0.0408. The smallest absolute Gasteiger partial charge is 0.328 e. The summed E-state index contributed by atoms with van der Waals surface area (Å²) in [5.74, 6) is -0.314. The summed E-state index contributed by atoms with van der Waals surface area (Å²) in [7, 11) is 0. The SMILES string of the molecule is CCOC(=O)C1CCCN1C(=O)C1CCOC1C. The van der Waals surface area contributed by atoms with Gasteiger partial charge in [-0.15, -0.1) is 0 Å². The van der Waals surface area contributed by atoms with E-state index < -0.39 is 0 Å². The summed E-state index contributed by atoms with van der Waals surface area (Å²) in [4.78, 5) is 25.9. The fourth-order valence-corrected chi connectivity index (χ4v) is 2.78. The first kappa shape index (κ1) is 13.3. The number of likely N-dealkylation sites (tertiary alicyclic amines) is 1. The van der Waals surface area contributed by atoms with Crippen LogP contribution in [0, 0.1) is 5.92 Å². The van der Waals surface area contributed by atoms with Gasteiger partial charge in [0.15, 0.2) is 0 Å². The first-order valence-corrected chi connectivity index (χ1v) is 6.74. The molecule has 5 heteroatoms. The number of ether oxygens (including phenoxy) is 2. The van der Waals surface area contributed by atoms with Crippen molar-refractivity contribution in [1.29, 1.82) is 0 Å². The minimum Gasteiger partial charge on any atom is -0.464 e. The van der Waals surface area contributed by atoms with Gasteiger partial charge < -0.3 is 14.4 Å². The Morgan fingerprint density at radius 1 is 1.39 bits per heavy atom. The summed E-state index contributed by atoms with van der Waals surface area (Å²) in [6.07, 6.45) is 2.30. The van der Waals surface area contributed by atoms with Crippen LogP contribution >= 0.6 is 0 Å². The zero-order valence-corrected chi connectivity index (χ0v) is 11.1. The van der Waals surface area contributed by atoms with E-state index in [0.29, 0.717) is 26.2 Å². The highest BCUT2D eigenvalue weighted by molar-refractivity contribution is 5.86. The van der Waals surface area contributed by atoms with E-state index in [1.54, 1.807) is 11.8 Å².